The van der Waals surface area contributed by atoms with E-state index in [0.717, 1.165) is 36.1 Å². The Balaban J connectivity index is 1.79. The number of anilines is 2. The van der Waals surface area contributed by atoms with Crippen molar-refractivity contribution >= 4 is 22.8 Å². The Kier molecular flexibility index (Phi) is 3.56. The standard InChI is InChI=1S/C17H25N3O/c1-17(2,3)12-5-4-9-20(10-8-12)16-19-14-7-6-13(18)11-15(14)21-16/h6-7,11-12H,4-5,8-10,18H2,1-3H3. The van der Waals surface area contributed by atoms with Crippen LogP contribution in [0.25, 0.3) is 11.1 Å². The normalized spacial score (nSPS) is 20.7. The van der Waals surface area contributed by atoms with E-state index >= 15 is 0 Å². The lowest BCUT2D eigenvalue weighted by atomic mass is 9.77. The number of fused-ring (bicyclic) bond motifs is 1. The Bertz CT molecular complexity index is 626. The second-order valence-corrected chi connectivity index (χ2v) is 7.20. The molecule has 1 aromatic carbocycles. The number of hydrogen-bond donors (Lipinski definition) is 1. The fourth-order valence-corrected chi connectivity index (χ4v) is 3.22. The number of hydrogen-bond acceptors (Lipinski definition) is 4. The van der Waals surface area contributed by atoms with Crippen LogP contribution in [0.3, 0.4) is 0 Å². The van der Waals surface area contributed by atoms with Crippen LogP contribution in [0.2, 0.25) is 0 Å². The maximum Gasteiger partial charge on any atom is 0.298 e. The Hall–Kier alpha value is -1.71. The first kappa shape index (κ1) is 14.2. The number of nitrogens with two attached hydrogens (primary N) is 1. The lowest BCUT2D eigenvalue weighted by molar-refractivity contribution is 0.220. The maximum atomic E-state index is 5.90. The van der Waals surface area contributed by atoms with Gasteiger partial charge in [-0.05, 0) is 42.7 Å². The SMILES string of the molecule is CC(C)(C)C1CCCN(c2nc3ccc(N)cc3o2)CC1. The van der Waals surface area contributed by atoms with E-state index in [1.807, 2.05) is 18.2 Å². The van der Waals surface area contributed by atoms with Crippen molar-refractivity contribution in [2.45, 2.75) is 40.0 Å². The van der Waals surface area contributed by atoms with Crippen LogP contribution in [0.15, 0.2) is 22.6 Å². The first-order valence-electron chi connectivity index (χ1n) is 7.84. The van der Waals surface area contributed by atoms with Crippen LogP contribution in [0.1, 0.15) is 40.0 Å². The van der Waals surface area contributed by atoms with Gasteiger partial charge < -0.3 is 15.1 Å². The highest BCUT2D eigenvalue weighted by atomic mass is 16.4. The highest BCUT2D eigenvalue weighted by Gasteiger charge is 2.28. The maximum absolute atomic E-state index is 5.90. The van der Waals surface area contributed by atoms with Crippen LogP contribution >= 0.6 is 0 Å². The van der Waals surface area contributed by atoms with Gasteiger partial charge >= 0.3 is 0 Å². The van der Waals surface area contributed by atoms with Crippen LogP contribution in [-0.2, 0) is 0 Å². The minimum absolute atomic E-state index is 0.381. The van der Waals surface area contributed by atoms with Crippen molar-refractivity contribution in [3.05, 3.63) is 18.2 Å². The smallest absolute Gasteiger partial charge is 0.298 e. The van der Waals surface area contributed by atoms with Gasteiger partial charge in [0, 0.05) is 24.8 Å². The Morgan fingerprint density at radius 2 is 2.05 bits per heavy atom. The molecule has 21 heavy (non-hydrogen) atoms. The number of nitrogen functional groups attached to an aromatic ring is 1. The molecule has 4 nitrogen and oxygen atoms in total. The average Bonchev–Trinajstić information content (AvgIpc) is 2.65. The minimum atomic E-state index is 0.381. The van der Waals surface area contributed by atoms with Gasteiger partial charge in [-0.1, -0.05) is 20.8 Å². The molecule has 1 aliphatic rings. The summed E-state index contributed by atoms with van der Waals surface area (Å²) in [5.41, 5.74) is 8.56. The van der Waals surface area contributed by atoms with Crippen LogP contribution in [0, 0.1) is 11.3 Å². The van der Waals surface area contributed by atoms with Gasteiger partial charge in [0.15, 0.2) is 5.58 Å². The van der Waals surface area contributed by atoms with E-state index in [4.69, 9.17) is 10.2 Å². The molecule has 4 heteroatoms. The molecule has 2 aromatic rings. The predicted octanol–water partition coefficient (Wildman–Crippen LogP) is 4.06. The summed E-state index contributed by atoms with van der Waals surface area (Å²) in [7, 11) is 0. The first-order valence-corrected chi connectivity index (χ1v) is 7.84. The monoisotopic (exact) mass is 287 g/mol. The van der Waals surface area contributed by atoms with Crippen molar-refractivity contribution < 1.29 is 4.42 Å². The van der Waals surface area contributed by atoms with Crippen molar-refractivity contribution in [3.8, 4) is 0 Å². The molecule has 1 aromatic heterocycles. The summed E-state index contributed by atoms with van der Waals surface area (Å²) in [6, 6.07) is 6.38. The molecule has 1 aliphatic heterocycles. The third kappa shape index (κ3) is 2.99. The van der Waals surface area contributed by atoms with Crippen molar-refractivity contribution in [2.24, 2.45) is 11.3 Å². The number of rotatable bonds is 1. The number of aromatic nitrogens is 1. The molecule has 2 heterocycles. The van der Waals surface area contributed by atoms with Gasteiger partial charge in [-0.15, -0.1) is 0 Å². The van der Waals surface area contributed by atoms with Gasteiger partial charge in [0.2, 0.25) is 0 Å². The fraction of sp³-hybridized carbons (Fsp3) is 0.588. The van der Waals surface area contributed by atoms with Crippen LogP contribution in [0.4, 0.5) is 11.7 Å². The zero-order valence-corrected chi connectivity index (χ0v) is 13.2. The van der Waals surface area contributed by atoms with Gasteiger partial charge in [0.25, 0.3) is 6.01 Å². The van der Waals surface area contributed by atoms with E-state index in [2.05, 4.69) is 30.7 Å². The molecule has 2 N–H and O–H groups in total. The summed E-state index contributed by atoms with van der Waals surface area (Å²) in [4.78, 5) is 6.89. The van der Waals surface area contributed by atoms with E-state index in [1.165, 1.54) is 19.3 Å². The summed E-state index contributed by atoms with van der Waals surface area (Å²) in [5.74, 6) is 0.766. The third-order valence-corrected chi connectivity index (χ3v) is 4.62. The van der Waals surface area contributed by atoms with Crippen molar-refractivity contribution in [1.29, 1.82) is 0 Å². The first-order chi connectivity index (χ1) is 9.93. The second kappa shape index (κ2) is 5.24. The van der Waals surface area contributed by atoms with E-state index in [-0.39, 0.29) is 0 Å². The van der Waals surface area contributed by atoms with Crippen LogP contribution in [-0.4, -0.2) is 18.1 Å². The zero-order chi connectivity index (χ0) is 15.0. The molecule has 0 saturated carbocycles. The molecule has 0 aliphatic carbocycles. The minimum Gasteiger partial charge on any atom is -0.423 e. The van der Waals surface area contributed by atoms with Gasteiger partial charge in [0.1, 0.15) is 5.52 Å². The molecule has 0 radical (unpaired) electrons. The fourth-order valence-electron chi connectivity index (χ4n) is 3.22. The van der Waals surface area contributed by atoms with Gasteiger partial charge in [-0.3, -0.25) is 0 Å². The highest BCUT2D eigenvalue weighted by Crippen LogP contribution is 2.35. The highest BCUT2D eigenvalue weighted by molar-refractivity contribution is 5.78. The summed E-state index contributed by atoms with van der Waals surface area (Å²) >= 11 is 0. The molecule has 1 atom stereocenters. The molecule has 1 fully saturated rings. The molecule has 1 unspecified atom stereocenters. The molecular formula is C17H25N3O. The number of oxazole rings is 1. The molecule has 114 valence electrons. The van der Waals surface area contributed by atoms with Gasteiger partial charge in [-0.2, -0.15) is 4.98 Å². The molecule has 0 bridgehead atoms. The summed E-state index contributed by atoms with van der Waals surface area (Å²) in [6.45, 7) is 9.07. The van der Waals surface area contributed by atoms with Crippen molar-refractivity contribution in [2.75, 3.05) is 23.7 Å². The topological polar surface area (TPSA) is 55.3 Å². The predicted molar refractivity (Wildman–Crippen MR) is 87.4 cm³/mol. The number of nitrogens with zero attached hydrogens (tertiary/aromatic N) is 2. The van der Waals surface area contributed by atoms with E-state index in [0.29, 0.717) is 11.1 Å². The van der Waals surface area contributed by atoms with E-state index in [9.17, 15) is 0 Å². The van der Waals surface area contributed by atoms with E-state index < -0.39 is 0 Å². The summed E-state index contributed by atoms with van der Waals surface area (Å²) < 4.78 is 5.90. The molecule has 1 saturated heterocycles. The summed E-state index contributed by atoms with van der Waals surface area (Å²) in [6.07, 6.45) is 3.68. The quantitative estimate of drug-likeness (QED) is 0.803. The Morgan fingerprint density at radius 3 is 2.81 bits per heavy atom. The second-order valence-electron chi connectivity index (χ2n) is 7.20. The summed E-state index contributed by atoms with van der Waals surface area (Å²) in [5, 5.41) is 0. The van der Waals surface area contributed by atoms with Crippen molar-refractivity contribution in [3.63, 3.8) is 0 Å². The average molecular weight is 287 g/mol. The van der Waals surface area contributed by atoms with Crippen LogP contribution in [0.5, 0.6) is 0 Å². The lowest BCUT2D eigenvalue weighted by Gasteiger charge is -2.29. The molecule has 3 rings (SSSR count). The number of benzene rings is 1. The Morgan fingerprint density at radius 1 is 1.24 bits per heavy atom. The molecule has 0 amide bonds. The molecular weight excluding hydrogens is 262 g/mol. The lowest BCUT2D eigenvalue weighted by Crippen LogP contribution is -2.26. The van der Waals surface area contributed by atoms with Gasteiger partial charge in [0.05, 0.1) is 0 Å². The van der Waals surface area contributed by atoms with E-state index in [1.54, 1.807) is 0 Å². The largest absolute Gasteiger partial charge is 0.423 e. The molecule has 0 spiro atoms. The van der Waals surface area contributed by atoms with Crippen molar-refractivity contribution in [1.82, 2.24) is 4.98 Å². The van der Waals surface area contributed by atoms with Crippen LogP contribution < -0.4 is 10.6 Å². The zero-order valence-electron chi connectivity index (χ0n) is 13.2. The van der Waals surface area contributed by atoms with Gasteiger partial charge in [-0.25, -0.2) is 0 Å². The third-order valence-electron chi connectivity index (χ3n) is 4.62. The Labute approximate surface area is 126 Å².